The van der Waals surface area contributed by atoms with Gasteiger partial charge in [-0.1, -0.05) is 66.7 Å². The SMILES string of the molecule is CC(=O)Nc1ccc(C2=CC3CCC(C2)N3C(=O)OCC2c3ccccc3-c3ccccc32)cc1. The Morgan fingerprint density at radius 2 is 1.57 bits per heavy atom. The Balaban J connectivity index is 1.16. The lowest BCUT2D eigenvalue weighted by Crippen LogP contribution is -2.43. The van der Waals surface area contributed by atoms with Crippen molar-refractivity contribution in [2.24, 2.45) is 0 Å². The molecular weight excluding hydrogens is 436 g/mol. The molecule has 1 N–H and O–H groups in total. The van der Waals surface area contributed by atoms with Gasteiger partial charge in [0.25, 0.3) is 0 Å². The number of nitrogens with one attached hydrogen (secondary N) is 1. The average molecular weight is 465 g/mol. The van der Waals surface area contributed by atoms with E-state index in [2.05, 4.69) is 59.9 Å². The van der Waals surface area contributed by atoms with Crippen LogP contribution in [-0.4, -0.2) is 35.6 Å². The summed E-state index contributed by atoms with van der Waals surface area (Å²) in [5, 5.41) is 2.81. The molecule has 3 aromatic carbocycles. The molecule has 2 bridgehead atoms. The largest absolute Gasteiger partial charge is 0.448 e. The fraction of sp³-hybridized carbons (Fsp3) is 0.267. The highest BCUT2D eigenvalue weighted by molar-refractivity contribution is 5.89. The van der Waals surface area contributed by atoms with Crippen molar-refractivity contribution in [1.29, 1.82) is 0 Å². The number of anilines is 1. The molecule has 6 rings (SSSR count). The summed E-state index contributed by atoms with van der Waals surface area (Å²) in [7, 11) is 0. The molecule has 3 aromatic rings. The summed E-state index contributed by atoms with van der Waals surface area (Å²) >= 11 is 0. The maximum Gasteiger partial charge on any atom is 0.410 e. The second-order valence-corrected chi connectivity index (χ2v) is 9.66. The molecule has 1 fully saturated rings. The number of fused-ring (bicyclic) bond motifs is 5. The van der Waals surface area contributed by atoms with E-state index in [1.54, 1.807) is 0 Å². The van der Waals surface area contributed by atoms with Crippen LogP contribution in [0.25, 0.3) is 16.7 Å². The van der Waals surface area contributed by atoms with E-state index in [1.165, 1.54) is 34.8 Å². The molecular formula is C30H28N2O3. The summed E-state index contributed by atoms with van der Waals surface area (Å²) in [5.74, 6) is -0.00608. The number of nitrogens with zero attached hydrogens (tertiary/aromatic N) is 1. The van der Waals surface area contributed by atoms with Gasteiger partial charge in [-0.15, -0.1) is 0 Å². The van der Waals surface area contributed by atoms with Gasteiger partial charge < -0.3 is 10.1 Å². The Morgan fingerprint density at radius 1 is 0.914 bits per heavy atom. The molecule has 0 radical (unpaired) electrons. The van der Waals surface area contributed by atoms with Crippen molar-refractivity contribution >= 4 is 23.3 Å². The molecule has 35 heavy (non-hydrogen) atoms. The number of ether oxygens (including phenoxy) is 1. The fourth-order valence-corrected chi connectivity index (χ4v) is 5.97. The quantitative estimate of drug-likeness (QED) is 0.499. The summed E-state index contributed by atoms with van der Waals surface area (Å²) in [4.78, 5) is 26.5. The second kappa shape index (κ2) is 8.73. The molecule has 1 saturated heterocycles. The third kappa shape index (κ3) is 3.91. The number of carbonyl (C=O) groups is 2. The number of carbonyl (C=O) groups excluding carboxylic acids is 2. The number of hydrogen-bond acceptors (Lipinski definition) is 3. The van der Waals surface area contributed by atoms with Gasteiger partial charge in [0.05, 0.1) is 6.04 Å². The Labute approximate surface area is 205 Å². The average Bonchev–Trinajstić information content (AvgIpc) is 3.33. The van der Waals surface area contributed by atoms with Crippen molar-refractivity contribution in [3.63, 3.8) is 0 Å². The van der Waals surface area contributed by atoms with Crippen molar-refractivity contribution < 1.29 is 14.3 Å². The number of amides is 2. The molecule has 2 unspecified atom stereocenters. The van der Waals surface area contributed by atoms with Gasteiger partial charge in [0.1, 0.15) is 6.61 Å². The molecule has 2 aliphatic heterocycles. The monoisotopic (exact) mass is 464 g/mol. The van der Waals surface area contributed by atoms with E-state index in [4.69, 9.17) is 4.74 Å². The molecule has 0 spiro atoms. The maximum absolute atomic E-state index is 13.3. The van der Waals surface area contributed by atoms with E-state index in [-0.39, 0.29) is 30.0 Å². The zero-order valence-electron chi connectivity index (χ0n) is 19.7. The van der Waals surface area contributed by atoms with Crippen LogP contribution in [0.4, 0.5) is 10.5 Å². The van der Waals surface area contributed by atoms with Crippen LogP contribution in [0, 0.1) is 0 Å². The summed E-state index contributed by atoms with van der Waals surface area (Å²) in [6, 6.07) is 25.0. The fourth-order valence-electron chi connectivity index (χ4n) is 5.97. The molecule has 5 nitrogen and oxygen atoms in total. The molecule has 3 aliphatic rings. The zero-order chi connectivity index (χ0) is 23.9. The first-order valence-electron chi connectivity index (χ1n) is 12.3. The Kier molecular flexibility index (Phi) is 5.40. The maximum atomic E-state index is 13.3. The Morgan fingerprint density at radius 3 is 2.20 bits per heavy atom. The molecule has 2 atom stereocenters. The first kappa shape index (κ1) is 21.7. The third-order valence-corrected chi connectivity index (χ3v) is 7.52. The van der Waals surface area contributed by atoms with Crippen LogP contribution in [0.2, 0.25) is 0 Å². The van der Waals surface area contributed by atoms with Crippen molar-refractivity contribution in [1.82, 2.24) is 4.90 Å². The number of benzene rings is 3. The van der Waals surface area contributed by atoms with E-state index >= 15 is 0 Å². The molecule has 1 aliphatic carbocycles. The molecule has 2 amide bonds. The van der Waals surface area contributed by atoms with Gasteiger partial charge in [0, 0.05) is 24.6 Å². The Hall–Kier alpha value is -3.86. The van der Waals surface area contributed by atoms with Gasteiger partial charge >= 0.3 is 6.09 Å². The van der Waals surface area contributed by atoms with Crippen molar-refractivity contribution in [2.75, 3.05) is 11.9 Å². The minimum absolute atomic E-state index is 0.0643. The second-order valence-electron chi connectivity index (χ2n) is 9.66. The van der Waals surface area contributed by atoms with Crippen LogP contribution in [0.1, 0.15) is 48.8 Å². The van der Waals surface area contributed by atoms with Crippen LogP contribution in [0.5, 0.6) is 0 Å². The summed E-state index contributed by atoms with van der Waals surface area (Å²) < 4.78 is 5.97. The molecule has 0 aromatic heterocycles. The molecule has 2 heterocycles. The lowest BCUT2D eigenvalue weighted by atomic mass is 9.95. The van der Waals surface area contributed by atoms with Gasteiger partial charge in [-0.25, -0.2) is 4.79 Å². The molecule has 176 valence electrons. The van der Waals surface area contributed by atoms with Crippen LogP contribution in [0.15, 0.2) is 78.9 Å². The van der Waals surface area contributed by atoms with E-state index in [0.717, 1.165) is 30.5 Å². The highest BCUT2D eigenvalue weighted by atomic mass is 16.6. The number of hydrogen-bond donors (Lipinski definition) is 1. The smallest absolute Gasteiger partial charge is 0.410 e. The Bertz CT molecular complexity index is 1280. The summed E-state index contributed by atoms with van der Waals surface area (Å²) in [5.41, 5.74) is 8.12. The van der Waals surface area contributed by atoms with E-state index in [0.29, 0.717) is 6.61 Å². The molecule has 0 saturated carbocycles. The topological polar surface area (TPSA) is 58.6 Å². The predicted octanol–water partition coefficient (Wildman–Crippen LogP) is 6.21. The minimum atomic E-state index is -0.212. The highest BCUT2D eigenvalue weighted by Crippen LogP contribution is 2.45. The standard InChI is InChI=1S/C30H28N2O3/c1-19(33)31-22-12-10-20(11-13-22)21-16-23-14-15-24(17-21)32(23)30(34)35-18-29-27-8-4-2-6-25(27)26-7-3-5-9-28(26)29/h2-13,16,23-24,29H,14-15,17-18H2,1H3,(H,31,33). The minimum Gasteiger partial charge on any atom is -0.448 e. The van der Waals surface area contributed by atoms with Crippen molar-refractivity contribution in [2.45, 2.75) is 44.2 Å². The lowest BCUT2D eigenvalue weighted by Gasteiger charge is -2.33. The van der Waals surface area contributed by atoms with Gasteiger partial charge in [-0.2, -0.15) is 0 Å². The van der Waals surface area contributed by atoms with Crippen LogP contribution in [-0.2, 0) is 9.53 Å². The van der Waals surface area contributed by atoms with E-state index in [9.17, 15) is 9.59 Å². The van der Waals surface area contributed by atoms with E-state index in [1.807, 2.05) is 29.2 Å². The third-order valence-electron chi connectivity index (χ3n) is 7.52. The van der Waals surface area contributed by atoms with E-state index < -0.39 is 0 Å². The highest BCUT2D eigenvalue weighted by Gasteiger charge is 2.41. The van der Waals surface area contributed by atoms with Crippen molar-refractivity contribution in [3.05, 3.63) is 95.6 Å². The van der Waals surface area contributed by atoms with Gasteiger partial charge in [0.15, 0.2) is 0 Å². The first-order valence-corrected chi connectivity index (χ1v) is 12.3. The van der Waals surface area contributed by atoms with Crippen LogP contribution >= 0.6 is 0 Å². The van der Waals surface area contributed by atoms with Gasteiger partial charge in [-0.3, -0.25) is 9.69 Å². The predicted molar refractivity (Wildman–Crippen MR) is 137 cm³/mol. The van der Waals surface area contributed by atoms with Crippen LogP contribution < -0.4 is 5.32 Å². The van der Waals surface area contributed by atoms with Gasteiger partial charge in [-0.05, 0) is 64.8 Å². The van der Waals surface area contributed by atoms with Crippen LogP contribution in [0.3, 0.4) is 0 Å². The number of rotatable bonds is 4. The lowest BCUT2D eigenvalue weighted by molar-refractivity contribution is -0.114. The molecule has 5 heteroatoms. The zero-order valence-corrected chi connectivity index (χ0v) is 19.7. The van der Waals surface area contributed by atoms with Crippen molar-refractivity contribution in [3.8, 4) is 11.1 Å². The first-order chi connectivity index (χ1) is 17.1. The summed E-state index contributed by atoms with van der Waals surface area (Å²) in [6.45, 7) is 1.86. The van der Waals surface area contributed by atoms with Gasteiger partial charge in [0.2, 0.25) is 5.91 Å². The summed E-state index contributed by atoms with van der Waals surface area (Å²) in [6.07, 6.45) is 4.77. The normalized spacial score (nSPS) is 20.1.